The van der Waals surface area contributed by atoms with Crippen molar-refractivity contribution in [3.05, 3.63) is 48.0 Å². The van der Waals surface area contributed by atoms with E-state index < -0.39 is 5.67 Å². The summed E-state index contributed by atoms with van der Waals surface area (Å²) in [5.41, 5.74) is -0.595. The van der Waals surface area contributed by atoms with Gasteiger partial charge in [-0.05, 0) is 23.3 Å². The summed E-state index contributed by atoms with van der Waals surface area (Å²) < 4.78 is 20.7. The number of fused-ring (bicyclic) bond motifs is 1. The molecule has 0 aliphatic carbocycles. The topological polar surface area (TPSA) is 21.3 Å². The van der Waals surface area contributed by atoms with Gasteiger partial charge in [-0.1, -0.05) is 42.5 Å². The number of alkyl halides is 1. The first-order chi connectivity index (χ1) is 9.67. The van der Waals surface area contributed by atoms with E-state index in [0.29, 0.717) is 19.6 Å². The third-order valence-corrected chi connectivity index (χ3v) is 3.98. The van der Waals surface area contributed by atoms with E-state index >= 15 is 4.39 Å². The number of morpholine rings is 1. The van der Waals surface area contributed by atoms with Crippen LogP contribution in [-0.4, -0.2) is 25.8 Å². The molecule has 1 fully saturated rings. The van der Waals surface area contributed by atoms with Crippen molar-refractivity contribution in [3.63, 3.8) is 0 Å². The summed E-state index contributed by atoms with van der Waals surface area (Å²) in [7, 11) is 0. The van der Waals surface area contributed by atoms with E-state index in [1.807, 2.05) is 42.5 Å². The van der Waals surface area contributed by atoms with E-state index in [2.05, 4.69) is 5.32 Å². The molecule has 3 heteroatoms. The predicted molar refractivity (Wildman–Crippen MR) is 79.6 cm³/mol. The molecule has 2 unspecified atom stereocenters. The predicted octanol–water partition coefficient (Wildman–Crippen LogP) is 3.40. The highest BCUT2D eigenvalue weighted by Crippen LogP contribution is 2.35. The van der Waals surface area contributed by atoms with Crippen LogP contribution in [0.25, 0.3) is 10.8 Å². The highest BCUT2D eigenvalue weighted by Gasteiger charge is 2.32. The lowest BCUT2D eigenvalue weighted by atomic mass is 9.87. The third-order valence-electron chi connectivity index (χ3n) is 3.98. The summed E-state index contributed by atoms with van der Waals surface area (Å²) in [5.74, 6) is 0. The standard InChI is InChI=1S/C17H20FNO/c1-17(18,11-14-12-20-10-9-19-14)16-8-4-6-13-5-2-3-7-15(13)16/h2-8,14,19H,9-12H2,1H3. The second-order valence-electron chi connectivity index (χ2n) is 5.65. The van der Waals surface area contributed by atoms with E-state index in [1.165, 1.54) is 0 Å². The van der Waals surface area contributed by atoms with Gasteiger partial charge in [-0.25, -0.2) is 4.39 Å². The first kappa shape index (κ1) is 13.5. The summed E-state index contributed by atoms with van der Waals surface area (Å²) in [6.07, 6.45) is 0.432. The first-order valence-corrected chi connectivity index (χ1v) is 7.15. The molecule has 0 saturated carbocycles. The zero-order chi connectivity index (χ0) is 14.0. The van der Waals surface area contributed by atoms with Gasteiger partial charge in [-0.15, -0.1) is 0 Å². The number of rotatable bonds is 3. The van der Waals surface area contributed by atoms with Crippen molar-refractivity contribution in [2.45, 2.75) is 25.1 Å². The Morgan fingerprint density at radius 1 is 1.25 bits per heavy atom. The van der Waals surface area contributed by atoms with Gasteiger partial charge in [0.2, 0.25) is 0 Å². The number of ether oxygens (including phenoxy) is 1. The van der Waals surface area contributed by atoms with E-state index in [4.69, 9.17) is 4.74 Å². The van der Waals surface area contributed by atoms with Crippen LogP contribution in [0.15, 0.2) is 42.5 Å². The molecular formula is C17H20FNO. The van der Waals surface area contributed by atoms with Gasteiger partial charge in [-0.3, -0.25) is 0 Å². The van der Waals surface area contributed by atoms with E-state index in [1.54, 1.807) is 6.92 Å². The van der Waals surface area contributed by atoms with Gasteiger partial charge < -0.3 is 10.1 Å². The summed E-state index contributed by atoms with van der Waals surface area (Å²) in [4.78, 5) is 0. The third kappa shape index (κ3) is 2.69. The number of halogens is 1. The molecule has 2 aromatic carbocycles. The Labute approximate surface area is 118 Å². The number of nitrogens with one attached hydrogen (secondary N) is 1. The lowest BCUT2D eigenvalue weighted by molar-refractivity contribution is 0.0478. The fourth-order valence-corrected chi connectivity index (χ4v) is 3.00. The van der Waals surface area contributed by atoms with Crippen LogP contribution in [0, 0.1) is 0 Å². The monoisotopic (exact) mass is 273 g/mol. The quantitative estimate of drug-likeness (QED) is 0.925. The van der Waals surface area contributed by atoms with Crippen LogP contribution in [0.3, 0.4) is 0 Å². The molecule has 1 aliphatic rings. The van der Waals surface area contributed by atoms with E-state index in [0.717, 1.165) is 22.9 Å². The average Bonchev–Trinajstić information content (AvgIpc) is 2.47. The lowest BCUT2D eigenvalue weighted by Gasteiger charge is -2.30. The Balaban J connectivity index is 1.91. The number of benzene rings is 2. The molecule has 2 aromatic rings. The molecule has 2 atom stereocenters. The Morgan fingerprint density at radius 3 is 2.85 bits per heavy atom. The van der Waals surface area contributed by atoms with Crippen LogP contribution in [0.1, 0.15) is 18.9 Å². The molecule has 0 spiro atoms. The number of hydrogen-bond donors (Lipinski definition) is 1. The molecule has 106 valence electrons. The normalized spacial score (nSPS) is 22.6. The Kier molecular flexibility index (Phi) is 3.72. The second-order valence-corrected chi connectivity index (χ2v) is 5.65. The molecular weight excluding hydrogens is 253 g/mol. The molecule has 0 bridgehead atoms. The van der Waals surface area contributed by atoms with E-state index in [9.17, 15) is 0 Å². The highest BCUT2D eigenvalue weighted by molar-refractivity contribution is 5.86. The SMILES string of the molecule is CC(F)(CC1COCCN1)c1cccc2ccccc12. The van der Waals surface area contributed by atoms with Gasteiger partial charge in [0.15, 0.2) is 0 Å². The Hall–Kier alpha value is -1.45. The molecule has 3 rings (SSSR count). The van der Waals surface area contributed by atoms with E-state index in [-0.39, 0.29) is 6.04 Å². The molecule has 0 aromatic heterocycles. The van der Waals surface area contributed by atoms with Crippen molar-refractivity contribution >= 4 is 10.8 Å². The largest absolute Gasteiger partial charge is 0.379 e. The van der Waals surface area contributed by atoms with Crippen molar-refractivity contribution in [1.82, 2.24) is 5.32 Å². The molecule has 1 aliphatic heterocycles. The van der Waals surface area contributed by atoms with Gasteiger partial charge in [0.1, 0.15) is 5.67 Å². The maximum Gasteiger partial charge on any atom is 0.135 e. The summed E-state index contributed by atoms with van der Waals surface area (Å²) in [6, 6.07) is 13.9. The highest BCUT2D eigenvalue weighted by atomic mass is 19.1. The summed E-state index contributed by atoms with van der Waals surface area (Å²) in [5, 5.41) is 5.41. The molecule has 20 heavy (non-hydrogen) atoms. The first-order valence-electron chi connectivity index (χ1n) is 7.15. The maximum atomic E-state index is 15.2. The smallest absolute Gasteiger partial charge is 0.135 e. The van der Waals surface area contributed by atoms with Crippen molar-refractivity contribution in [2.75, 3.05) is 19.8 Å². The van der Waals surface area contributed by atoms with Crippen LogP contribution in [0.4, 0.5) is 4.39 Å². The van der Waals surface area contributed by atoms with Crippen molar-refractivity contribution in [2.24, 2.45) is 0 Å². The molecule has 1 heterocycles. The molecule has 2 nitrogen and oxygen atoms in total. The summed E-state index contributed by atoms with van der Waals surface area (Å²) in [6.45, 7) is 3.78. The van der Waals surface area contributed by atoms with Crippen molar-refractivity contribution < 1.29 is 9.13 Å². The zero-order valence-electron chi connectivity index (χ0n) is 11.7. The average molecular weight is 273 g/mol. The van der Waals surface area contributed by atoms with Gasteiger partial charge in [0, 0.05) is 19.0 Å². The Bertz CT molecular complexity index is 585. The van der Waals surface area contributed by atoms with Gasteiger partial charge in [0.25, 0.3) is 0 Å². The summed E-state index contributed by atoms with van der Waals surface area (Å²) >= 11 is 0. The fraction of sp³-hybridized carbons (Fsp3) is 0.412. The van der Waals surface area contributed by atoms with Crippen LogP contribution in [0.2, 0.25) is 0 Å². The zero-order valence-corrected chi connectivity index (χ0v) is 11.7. The molecule has 0 radical (unpaired) electrons. The maximum absolute atomic E-state index is 15.2. The molecule has 0 amide bonds. The minimum Gasteiger partial charge on any atom is -0.379 e. The van der Waals surface area contributed by atoms with Crippen molar-refractivity contribution in [1.29, 1.82) is 0 Å². The number of hydrogen-bond acceptors (Lipinski definition) is 2. The van der Waals surface area contributed by atoms with Crippen LogP contribution in [-0.2, 0) is 10.4 Å². The Morgan fingerprint density at radius 2 is 2.05 bits per heavy atom. The second kappa shape index (κ2) is 5.51. The van der Waals surface area contributed by atoms with Crippen molar-refractivity contribution in [3.8, 4) is 0 Å². The molecule has 1 N–H and O–H groups in total. The lowest BCUT2D eigenvalue weighted by Crippen LogP contribution is -2.44. The van der Waals surface area contributed by atoms with Crippen LogP contribution < -0.4 is 5.32 Å². The minimum absolute atomic E-state index is 0.0812. The van der Waals surface area contributed by atoms with Gasteiger partial charge in [-0.2, -0.15) is 0 Å². The van der Waals surface area contributed by atoms with Crippen LogP contribution in [0.5, 0.6) is 0 Å². The molecule has 1 saturated heterocycles. The minimum atomic E-state index is -1.36. The van der Waals surface area contributed by atoms with Gasteiger partial charge in [0.05, 0.1) is 13.2 Å². The van der Waals surface area contributed by atoms with Gasteiger partial charge >= 0.3 is 0 Å². The van der Waals surface area contributed by atoms with Crippen LogP contribution >= 0.6 is 0 Å². The fourth-order valence-electron chi connectivity index (χ4n) is 3.00.